The van der Waals surface area contributed by atoms with Crippen molar-refractivity contribution in [3.8, 4) is 0 Å². The number of ether oxygens (including phenoxy) is 2. The van der Waals surface area contributed by atoms with Crippen molar-refractivity contribution in [2.45, 2.75) is 206 Å². The van der Waals surface area contributed by atoms with E-state index in [-0.39, 0.29) is 12.1 Å². The molecule has 5 nitrogen and oxygen atoms in total. The molecule has 0 aromatic carbocycles. The summed E-state index contributed by atoms with van der Waals surface area (Å²) in [6.45, 7) is 8.21. The molecule has 1 aliphatic heterocycles. The van der Waals surface area contributed by atoms with Gasteiger partial charge in [0, 0.05) is 19.4 Å². The van der Waals surface area contributed by atoms with Crippen molar-refractivity contribution < 1.29 is 9.47 Å². The highest BCUT2D eigenvalue weighted by molar-refractivity contribution is 5.75. The maximum absolute atomic E-state index is 6.60. The fourth-order valence-electron chi connectivity index (χ4n) is 6.54. The average molecular weight is 658 g/mol. The topological polar surface area (TPSA) is 82.9 Å². The summed E-state index contributed by atoms with van der Waals surface area (Å²) in [5, 5.41) is 0. The number of allylic oxidation sites excluding steroid dienone is 6. The standard InChI is InChI=1S/C42H79N3O2/c1-4-6-8-10-12-13-14-15-16-17-18-19-20-22-26-30-35-42(46-38-40(47-42)34-37-45-41(43)44)36-31-27-23-21-25-29-33-39(3)32-28-24-11-9-7-5-2/h12-13,15-16,24,28,39-40H,4-11,14,17-23,25-27,29-38H2,1-3H3,(H4,43,44,45)/b13-12-,16-15-,28-24-. The maximum Gasteiger partial charge on any atom is 0.185 e. The lowest BCUT2D eigenvalue weighted by Crippen LogP contribution is -2.31. The van der Waals surface area contributed by atoms with Crippen LogP contribution in [-0.4, -0.2) is 31.0 Å². The van der Waals surface area contributed by atoms with E-state index in [1.54, 1.807) is 0 Å². The van der Waals surface area contributed by atoms with Gasteiger partial charge in [0.05, 0.1) is 12.7 Å². The second-order valence-corrected chi connectivity index (χ2v) is 14.4. The van der Waals surface area contributed by atoms with Gasteiger partial charge >= 0.3 is 0 Å². The van der Waals surface area contributed by atoms with Gasteiger partial charge in [0.1, 0.15) is 0 Å². The molecule has 1 heterocycles. The van der Waals surface area contributed by atoms with Gasteiger partial charge in [-0.05, 0) is 76.5 Å². The van der Waals surface area contributed by atoms with Crippen LogP contribution in [0.1, 0.15) is 194 Å². The van der Waals surface area contributed by atoms with Crippen molar-refractivity contribution in [2.24, 2.45) is 22.4 Å². The van der Waals surface area contributed by atoms with Gasteiger partial charge in [-0.1, -0.05) is 147 Å². The molecule has 0 amide bonds. The minimum atomic E-state index is -0.405. The van der Waals surface area contributed by atoms with Crippen molar-refractivity contribution in [1.29, 1.82) is 0 Å². The van der Waals surface area contributed by atoms with E-state index in [2.05, 4.69) is 62.2 Å². The third-order valence-corrected chi connectivity index (χ3v) is 9.60. The second kappa shape index (κ2) is 31.7. The fourth-order valence-corrected chi connectivity index (χ4v) is 6.54. The molecule has 0 spiro atoms. The zero-order valence-electron chi connectivity index (χ0n) is 31.5. The molecule has 0 bridgehead atoms. The van der Waals surface area contributed by atoms with E-state index in [4.69, 9.17) is 20.9 Å². The number of unbranched alkanes of at least 4 members (excludes halogenated alkanes) is 17. The Bertz CT molecular complexity index is 804. The van der Waals surface area contributed by atoms with Gasteiger partial charge in [0.25, 0.3) is 0 Å². The molecule has 0 saturated carbocycles. The molecule has 1 fully saturated rings. The number of nitrogens with zero attached hydrogens (tertiary/aromatic N) is 1. The van der Waals surface area contributed by atoms with E-state index in [1.165, 1.54) is 148 Å². The Kier molecular flexibility index (Phi) is 29.3. The van der Waals surface area contributed by atoms with E-state index in [0.717, 1.165) is 31.6 Å². The highest BCUT2D eigenvalue weighted by Gasteiger charge is 2.40. The maximum atomic E-state index is 6.60. The van der Waals surface area contributed by atoms with Gasteiger partial charge in [-0.2, -0.15) is 0 Å². The van der Waals surface area contributed by atoms with Crippen LogP contribution in [0.3, 0.4) is 0 Å². The first kappa shape index (κ1) is 43.4. The van der Waals surface area contributed by atoms with Gasteiger partial charge in [-0.3, -0.25) is 4.99 Å². The Balaban J connectivity index is 2.22. The number of hydrogen-bond acceptors (Lipinski definition) is 3. The third-order valence-electron chi connectivity index (χ3n) is 9.60. The largest absolute Gasteiger partial charge is 0.370 e. The predicted octanol–water partition coefficient (Wildman–Crippen LogP) is 12.2. The zero-order chi connectivity index (χ0) is 34.1. The lowest BCUT2D eigenvalue weighted by Gasteiger charge is -2.28. The summed E-state index contributed by atoms with van der Waals surface area (Å²) in [7, 11) is 0. The van der Waals surface area contributed by atoms with Crippen LogP contribution in [0.15, 0.2) is 41.4 Å². The molecular formula is C42H79N3O2. The van der Waals surface area contributed by atoms with Crippen LogP contribution in [0.2, 0.25) is 0 Å². The molecule has 0 aliphatic carbocycles. The Morgan fingerprint density at radius 1 is 0.681 bits per heavy atom. The van der Waals surface area contributed by atoms with Crippen LogP contribution in [0.4, 0.5) is 0 Å². The van der Waals surface area contributed by atoms with Crippen molar-refractivity contribution in [1.82, 2.24) is 0 Å². The summed E-state index contributed by atoms with van der Waals surface area (Å²) in [5.74, 6) is 0.561. The molecule has 1 saturated heterocycles. The van der Waals surface area contributed by atoms with Crippen LogP contribution in [0.25, 0.3) is 0 Å². The minimum Gasteiger partial charge on any atom is -0.370 e. The highest BCUT2D eigenvalue weighted by Crippen LogP contribution is 2.35. The normalized spacial score (nSPS) is 19.1. The minimum absolute atomic E-state index is 0.0934. The predicted molar refractivity (Wildman–Crippen MR) is 207 cm³/mol. The number of nitrogens with two attached hydrogens (primary N) is 2. The van der Waals surface area contributed by atoms with E-state index in [1.807, 2.05) is 0 Å². The van der Waals surface area contributed by atoms with Crippen molar-refractivity contribution in [2.75, 3.05) is 13.2 Å². The molecule has 274 valence electrons. The third kappa shape index (κ3) is 27.0. The number of aliphatic imine (C=N–C) groups is 1. The summed E-state index contributed by atoms with van der Waals surface area (Å²) in [4.78, 5) is 4.16. The Morgan fingerprint density at radius 3 is 1.77 bits per heavy atom. The average Bonchev–Trinajstić information content (AvgIpc) is 3.46. The van der Waals surface area contributed by atoms with E-state index < -0.39 is 5.79 Å². The van der Waals surface area contributed by atoms with E-state index in [9.17, 15) is 0 Å². The molecule has 3 unspecified atom stereocenters. The molecular weight excluding hydrogens is 578 g/mol. The van der Waals surface area contributed by atoms with Crippen LogP contribution in [0, 0.1) is 5.92 Å². The highest BCUT2D eigenvalue weighted by atomic mass is 16.7. The first-order chi connectivity index (χ1) is 23.0. The van der Waals surface area contributed by atoms with Crippen molar-refractivity contribution in [3.63, 3.8) is 0 Å². The Labute approximate surface area is 292 Å². The van der Waals surface area contributed by atoms with Crippen LogP contribution in [0.5, 0.6) is 0 Å². The molecule has 0 radical (unpaired) electrons. The van der Waals surface area contributed by atoms with Crippen LogP contribution < -0.4 is 11.5 Å². The van der Waals surface area contributed by atoms with Crippen molar-refractivity contribution >= 4 is 5.96 Å². The van der Waals surface area contributed by atoms with Crippen LogP contribution in [-0.2, 0) is 9.47 Å². The van der Waals surface area contributed by atoms with E-state index >= 15 is 0 Å². The Morgan fingerprint density at radius 2 is 1.19 bits per heavy atom. The molecule has 0 aromatic rings. The number of rotatable bonds is 33. The van der Waals surface area contributed by atoms with Gasteiger partial charge in [-0.25, -0.2) is 0 Å². The van der Waals surface area contributed by atoms with Gasteiger partial charge in [0.2, 0.25) is 0 Å². The second-order valence-electron chi connectivity index (χ2n) is 14.4. The van der Waals surface area contributed by atoms with Gasteiger partial charge in [-0.15, -0.1) is 0 Å². The summed E-state index contributed by atoms with van der Waals surface area (Å²) in [6, 6.07) is 0. The zero-order valence-corrected chi connectivity index (χ0v) is 31.5. The lowest BCUT2D eigenvalue weighted by atomic mass is 9.97. The smallest absolute Gasteiger partial charge is 0.185 e. The molecule has 1 aliphatic rings. The quantitative estimate of drug-likeness (QED) is 0.0318. The lowest BCUT2D eigenvalue weighted by molar-refractivity contribution is -0.179. The first-order valence-corrected chi connectivity index (χ1v) is 20.3. The SMILES string of the molecule is CCCCC/C=C\C/C=C\CCCCCCCCC1(CCCCCCCCC(C)C/C=C\CCCCC)OCC(CCN=C(N)N)O1. The fraction of sp³-hybridized carbons (Fsp3) is 0.833. The monoisotopic (exact) mass is 658 g/mol. The molecule has 5 heteroatoms. The summed E-state index contributed by atoms with van der Waals surface area (Å²) >= 11 is 0. The molecule has 0 aromatic heterocycles. The Hall–Kier alpha value is -1.59. The first-order valence-electron chi connectivity index (χ1n) is 20.3. The van der Waals surface area contributed by atoms with Crippen molar-refractivity contribution in [3.05, 3.63) is 36.5 Å². The molecule has 3 atom stereocenters. The number of guanidine groups is 1. The van der Waals surface area contributed by atoms with E-state index in [0.29, 0.717) is 13.2 Å². The molecule has 1 rings (SSSR count). The number of hydrogen-bond donors (Lipinski definition) is 2. The summed E-state index contributed by atoms with van der Waals surface area (Å²) in [6.07, 6.45) is 48.1. The van der Waals surface area contributed by atoms with Crippen LogP contribution >= 0.6 is 0 Å². The van der Waals surface area contributed by atoms with Gasteiger partial charge in [0.15, 0.2) is 11.7 Å². The summed E-state index contributed by atoms with van der Waals surface area (Å²) in [5.41, 5.74) is 11.1. The van der Waals surface area contributed by atoms with Gasteiger partial charge < -0.3 is 20.9 Å². The molecule has 4 N–H and O–H groups in total. The summed E-state index contributed by atoms with van der Waals surface area (Å²) < 4.78 is 13.0. The molecule has 47 heavy (non-hydrogen) atoms.